The van der Waals surface area contributed by atoms with Gasteiger partial charge in [-0.1, -0.05) is 43.7 Å². The van der Waals surface area contributed by atoms with Gasteiger partial charge in [0.15, 0.2) is 0 Å². The largest absolute Gasteiger partial charge is 0.326 e. The van der Waals surface area contributed by atoms with Crippen molar-refractivity contribution in [3.63, 3.8) is 0 Å². The van der Waals surface area contributed by atoms with E-state index in [2.05, 4.69) is 9.71 Å². The number of pyridine rings is 1. The maximum Gasteiger partial charge on any atom is 0.266 e. The van der Waals surface area contributed by atoms with Crippen molar-refractivity contribution in [2.75, 3.05) is 6.54 Å². The Morgan fingerprint density at radius 1 is 1.30 bits per heavy atom. The van der Waals surface area contributed by atoms with Crippen LogP contribution in [0.5, 0.6) is 0 Å². The van der Waals surface area contributed by atoms with Crippen molar-refractivity contribution in [2.24, 2.45) is 5.92 Å². The fourth-order valence-corrected chi connectivity index (χ4v) is 3.83. The van der Waals surface area contributed by atoms with Crippen molar-refractivity contribution >= 4 is 21.6 Å². The number of halogens is 1. The summed E-state index contributed by atoms with van der Waals surface area (Å²) in [6, 6.07) is 1.17. The summed E-state index contributed by atoms with van der Waals surface area (Å²) in [5.41, 5.74) is -0.493. The van der Waals surface area contributed by atoms with Crippen LogP contribution in [0.3, 0.4) is 0 Å². The third kappa shape index (κ3) is 4.07. The molecule has 0 radical (unpaired) electrons. The van der Waals surface area contributed by atoms with Crippen LogP contribution in [0, 0.1) is 5.92 Å². The summed E-state index contributed by atoms with van der Waals surface area (Å²) >= 11 is 5.64. The second-order valence-electron chi connectivity index (χ2n) is 5.20. The number of H-pyrrole nitrogens is 1. The molecule has 0 bridgehead atoms. The average molecular weight is 319 g/mol. The first-order valence-corrected chi connectivity index (χ1v) is 8.73. The second-order valence-corrected chi connectivity index (χ2v) is 7.38. The predicted octanol–water partition coefficient (Wildman–Crippen LogP) is 2.28. The minimum absolute atomic E-state index is 0.00857. The lowest BCUT2D eigenvalue weighted by Crippen LogP contribution is -2.27. The van der Waals surface area contributed by atoms with E-state index in [1.807, 2.05) is 0 Å². The Morgan fingerprint density at radius 2 is 2.00 bits per heavy atom. The van der Waals surface area contributed by atoms with Crippen LogP contribution >= 0.6 is 11.6 Å². The number of nitrogens with one attached hydrogen (secondary N) is 2. The lowest BCUT2D eigenvalue weighted by atomic mass is 9.87. The van der Waals surface area contributed by atoms with E-state index >= 15 is 0 Å². The van der Waals surface area contributed by atoms with Gasteiger partial charge in [0, 0.05) is 12.7 Å². The summed E-state index contributed by atoms with van der Waals surface area (Å²) in [5.74, 6) is 0.616. The van der Waals surface area contributed by atoms with Gasteiger partial charge in [0.1, 0.15) is 5.02 Å². The van der Waals surface area contributed by atoms with E-state index in [-0.39, 0.29) is 9.92 Å². The van der Waals surface area contributed by atoms with Crippen molar-refractivity contribution in [2.45, 2.75) is 43.4 Å². The van der Waals surface area contributed by atoms with Gasteiger partial charge >= 0.3 is 0 Å². The van der Waals surface area contributed by atoms with Gasteiger partial charge in [-0.15, -0.1) is 0 Å². The van der Waals surface area contributed by atoms with Gasteiger partial charge < -0.3 is 4.98 Å². The zero-order valence-electron chi connectivity index (χ0n) is 11.2. The molecule has 5 nitrogen and oxygen atoms in total. The van der Waals surface area contributed by atoms with Gasteiger partial charge in [0.25, 0.3) is 5.56 Å². The lowest BCUT2D eigenvalue weighted by Gasteiger charge is -2.21. The zero-order valence-corrected chi connectivity index (χ0v) is 12.8. The van der Waals surface area contributed by atoms with Gasteiger partial charge in [-0.25, -0.2) is 13.1 Å². The molecule has 2 rings (SSSR count). The van der Waals surface area contributed by atoms with Crippen LogP contribution in [0.4, 0.5) is 0 Å². The molecule has 0 saturated heterocycles. The SMILES string of the molecule is O=c1[nH]cc(S(=O)(=O)NCCC2CCCCC2)cc1Cl. The maximum absolute atomic E-state index is 12.0. The highest BCUT2D eigenvalue weighted by Gasteiger charge is 2.17. The molecular formula is C13H19ClN2O3S. The van der Waals surface area contributed by atoms with Crippen LogP contribution in [0.2, 0.25) is 5.02 Å². The van der Waals surface area contributed by atoms with Crippen molar-refractivity contribution in [3.05, 3.63) is 27.6 Å². The number of hydrogen-bond acceptors (Lipinski definition) is 3. The topological polar surface area (TPSA) is 79.0 Å². The van der Waals surface area contributed by atoms with Crippen molar-refractivity contribution in [1.82, 2.24) is 9.71 Å². The molecule has 1 aliphatic rings. The average Bonchev–Trinajstić information content (AvgIpc) is 2.43. The molecule has 0 aliphatic heterocycles. The smallest absolute Gasteiger partial charge is 0.266 e. The van der Waals surface area contributed by atoms with Gasteiger partial charge in [0.2, 0.25) is 10.0 Å². The van der Waals surface area contributed by atoms with E-state index < -0.39 is 15.6 Å². The second kappa shape index (κ2) is 6.74. The third-order valence-electron chi connectivity index (χ3n) is 3.71. The molecule has 1 aliphatic carbocycles. The highest BCUT2D eigenvalue weighted by molar-refractivity contribution is 7.89. The van der Waals surface area contributed by atoms with E-state index in [9.17, 15) is 13.2 Å². The van der Waals surface area contributed by atoms with E-state index in [1.54, 1.807) is 0 Å². The van der Waals surface area contributed by atoms with E-state index in [4.69, 9.17) is 11.6 Å². The number of hydrogen-bond donors (Lipinski definition) is 2. The molecule has 0 aromatic carbocycles. The number of aromatic nitrogens is 1. The quantitative estimate of drug-likeness (QED) is 0.874. The number of sulfonamides is 1. The molecule has 1 saturated carbocycles. The number of rotatable bonds is 5. The minimum Gasteiger partial charge on any atom is -0.326 e. The summed E-state index contributed by atoms with van der Waals surface area (Å²) in [6.07, 6.45) is 8.17. The first-order chi connectivity index (χ1) is 9.49. The van der Waals surface area contributed by atoms with Gasteiger partial charge in [0.05, 0.1) is 4.90 Å². The molecule has 1 aromatic heterocycles. The van der Waals surface area contributed by atoms with Crippen molar-refractivity contribution in [1.29, 1.82) is 0 Å². The van der Waals surface area contributed by atoms with Crippen molar-refractivity contribution < 1.29 is 8.42 Å². The Balaban J connectivity index is 1.93. The monoisotopic (exact) mass is 318 g/mol. The first-order valence-electron chi connectivity index (χ1n) is 6.87. The Morgan fingerprint density at radius 3 is 2.65 bits per heavy atom. The molecule has 20 heavy (non-hydrogen) atoms. The van der Waals surface area contributed by atoms with Crippen LogP contribution < -0.4 is 10.3 Å². The molecule has 7 heteroatoms. The van der Waals surface area contributed by atoms with E-state index in [0.29, 0.717) is 12.5 Å². The van der Waals surface area contributed by atoms with Crippen LogP contribution in [0.15, 0.2) is 22.0 Å². The molecule has 112 valence electrons. The van der Waals surface area contributed by atoms with Crippen LogP contribution in [0.25, 0.3) is 0 Å². The molecule has 0 amide bonds. The lowest BCUT2D eigenvalue weighted by molar-refractivity contribution is 0.339. The summed E-state index contributed by atoms with van der Waals surface area (Å²) in [4.78, 5) is 13.4. The van der Waals surface area contributed by atoms with Crippen molar-refractivity contribution in [3.8, 4) is 0 Å². The fourth-order valence-electron chi connectivity index (χ4n) is 2.55. The zero-order chi connectivity index (χ0) is 14.6. The summed E-state index contributed by atoms with van der Waals surface area (Å²) in [6.45, 7) is 0.420. The Kier molecular flexibility index (Phi) is 5.23. The minimum atomic E-state index is -3.60. The molecule has 1 fully saturated rings. The fraction of sp³-hybridized carbons (Fsp3) is 0.615. The van der Waals surface area contributed by atoms with Crippen LogP contribution in [-0.4, -0.2) is 19.9 Å². The highest BCUT2D eigenvalue weighted by atomic mass is 35.5. The molecule has 2 N–H and O–H groups in total. The summed E-state index contributed by atoms with van der Waals surface area (Å²) < 4.78 is 26.7. The van der Waals surface area contributed by atoms with Gasteiger partial charge in [-0.05, 0) is 18.4 Å². The predicted molar refractivity (Wildman–Crippen MR) is 78.5 cm³/mol. The first kappa shape index (κ1) is 15.5. The standard InChI is InChI=1S/C13H19ClN2O3S/c14-12-8-11(9-15-13(12)17)20(18,19)16-7-6-10-4-2-1-3-5-10/h8-10,16H,1-7H2,(H,15,17). The molecule has 0 spiro atoms. The summed E-state index contributed by atoms with van der Waals surface area (Å²) in [5, 5.41) is -0.125. The van der Waals surface area contributed by atoms with E-state index in [1.165, 1.54) is 38.2 Å². The molecule has 0 atom stereocenters. The van der Waals surface area contributed by atoms with Gasteiger partial charge in [-0.3, -0.25) is 4.79 Å². The number of aromatic amines is 1. The Labute approximate surface area is 123 Å². The third-order valence-corrected chi connectivity index (χ3v) is 5.43. The van der Waals surface area contributed by atoms with Crippen LogP contribution in [-0.2, 0) is 10.0 Å². The molecular weight excluding hydrogens is 300 g/mol. The highest BCUT2D eigenvalue weighted by Crippen LogP contribution is 2.25. The molecule has 0 unspecified atom stereocenters. The Hall–Kier alpha value is -0.850. The van der Waals surface area contributed by atoms with Gasteiger partial charge in [-0.2, -0.15) is 0 Å². The molecule has 1 heterocycles. The Bertz CT molecular complexity index is 606. The van der Waals surface area contributed by atoms with Crippen LogP contribution in [0.1, 0.15) is 38.5 Å². The normalized spacial score (nSPS) is 17.2. The summed E-state index contributed by atoms with van der Waals surface area (Å²) in [7, 11) is -3.60. The van der Waals surface area contributed by atoms with E-state index in [0.717, 1.165) is 12.6 Å². The maximum atomic E-state index is 12.0. The molecule has 1 aromatic rings.